The number of rotatable bonds is 4. The van der Waals surface area contributed by atoms with Crippen LogP contribution in [-0.4, -0.2) is 33.9 Å². The van der Waals surface area contributed by atoms with Crippen molar-refractivity contribution in [2.45, 2.75) is 6.18 Å². The number of alkyl halides is 3. The number of ether oxygens (including phenoxy) is 1. The maximum absolute atomic E-state index is 12.2. The number of aromatic amines is 1. The molecule has 0 saturated carbocycles. The molecule has 1 aromatic heterocycles. The van der Waals surface area contributed by atoms with E-state index in [1.807, 2.05) is 0 Å². The smallest absolute Gasteiger partial charge is 0.422 e. The molecule has 0 bridgehead atoms. The van der Waals surface area contributed by atoms with E-state index >= 15 is 0 Å². The molecule has 0 radical (unpaired) electrons. The van der Waals surface area contributed by atoms with Crippen LogP contribution in [0.2, 0.25) is 0 Å². The lowest BCUT2D eigenvalue weighted by atomic mass is 10.3. The molecule has 0 aliphatic carbocycles. The molecule has 7 nitrogen and oxygen atoms in total. The van der Waals surface area contributed by atoms with E-state index in [9.17, 15) is 18.0 Å². The number of nitrogens with zero attached hydrogens (tertiary/aromatic N) is 2. The Kier molecular flexibility index (Phi) is 3.96. The van der Waals surface area contributed by atoms with Crippen LogP contribution in [-0.2, 0) is 0 Å². The summed E-state index contributed by atoms with van der Waals surface area (Å²) in [6.07, 6.45) is -4.48. The fourth-order valence-corrected chi connectivity index (χ4v) is 1.41. The van der Waals surface area contributed by atoms with Gasteiger partial charge >= 0.3 is 6.18 Å². The first kappa shape index (κ1) is 14.6. The molecular weight excluding hydrogens is 291 g/mol. The van der Waals surface area contributed by atoms with Crippen molar-refractivity contribution in [2.24, 2.45) is 0 Å². The highest BCUT2D eigenvalue weighted by atomic mass is 19.4. The normalized spacial score (nSPS) is 11.2. The molecule has 0 aliphatic rings. The lowest BCUT2D eigenvalue weighted by Crippen LogP contribution is -2.20. The number of hydrogen-bond acceptors (Lipinski definition) is 5. The Morgan fingerprint density at radius 1 is 1.38 bits per heavy atom. The van der Waals surface area contributed by atoms with E-state index in [2.05, 4.69) is 25.2 Å². The summed E-state index contributed by atoms with van der Waals surface area (Å²) in [5.74, 6) is -1.11. The molecule has 0 aliphatic heterocycles. The van der Waals surface area contributed by atoms with Gasteiger partial charge in [-0.05, 0) is 12.1 Å². The van der Waals surface area contributed by atoms with Gasteiger partial charge in [0.05, 0.1) is 5.69 Å². The van der Waals surface area contributed by atoms with Gasteiger partial charge in [0, 0.05) is 0 Å². The molecule has 0 saturated heterocycles. The third-order valence-corrected chi connectivity index (χ3v) is 2.24. The second-order valence-corrected chi connectivity index (χ2v) is 3.90. The number of carbonyl (C=O) groups excluding carboxylic acids is 1. The molecule has 0 fully saturated rings. The molecule has 2 aromatic rings. The van der Waals surface area contributed by atoms with E-state index in [4.69, 9.17) is 5.73 Å². The Balaban J connectivity index is 2.11. The average Bonchev–Trinajstić information content (AvgIpc) is 2.83. The van der Waals surface area contributed by atoms with Crippen molar-refractivity contribution in [3.05, 3.63) is 30.1 Å². The van der Waals surface area contributed by atoms with E-state index in [-0.39, 0.29) is 23.2 Å². The summed E-state index contributed by atoms with van der Waals surface area (Å²) in [6, 6.07) is 5.71. The highest BCUT2D eigenvalue weighted by Crippen LogP contribution is 2.26. The van der Waals surface area contributed by atoms with Gasteiger partial charge in [-0.2, -0.15) is 18.2 Å². The van der Waals surface area contributed by atoms with Crippen molar-refractivity contribution in [3.63, 3.8) is 0 Å². The Morgan fingerprint density at radius 3 is 2.71 bits per heavy atom. The van der Waals surface area contributed by atoms with Gasteiger partial charge in [0.2, 0.25) is 11.8 Å². The van der Waals surface area contributed by atoms with Gasteiger partial charge in [-0.1, -0.05) is 12.1 Å². The molecule has 0 unspecified atom stereocenters. The number of aromatic nitrogens is 3. The molecule has 1 aromatic carbocycles. The molecule has 4 N–H and O–H groups in total. The fourth-order valence-electron chi connectivity index (χ4n) is 1.41. The van der Waals surface area contributed by atoms with Gasteiger partial charge in [0.15, 0.2) is 6.61 Å². The zero-order valence-electron chi connectivity index (χ0n) is 10.4. The molecule has 1 heterocycles. The molecular formula is C11H10F3N5O2. The van der Waals surface area contributed by atoms with E-state index < -0.39 is 18.7 Å². The van der Waals surface area contributed by atoms with E-state index in [0.29, 0.717) is 0 Å². The first-order valence-corrected chi connectivity index (χ1v) is 5.63. The summed E-state index contributed by atoms with van der Waals surface area (Å²) >= 11 is 0. The number of H-pyrrole nitrogens is 1. The molecule has 0 spiro atoms. The monoisotopic (exact) mass is 301 g/mol. The van der Waals surface area contributed by atoms with Crippen LogP contribution in [0.5, 0.6) is 5.75 Å². The number of nitrogens with two attached hydrogens (primary N) is 1. The largest absolute Gasteiger partial charge is 0.482 e. The van der Waals surface area contributed by atoms with Crippen LogP contribution in [0.4, 0.5) is 24.8 Å². The average molecular weight is 301 g/mol. The van der Waals surface area contributed by atoms with Crippen LogP contribution in [0.15, 0.2) is 24.3 Å². The van der Waals surface area contributed by atoms with Crippen LogP contribution in [0, 0.1) is 0 Å². The van der Waals surface area contributed by atoms with Gasteiger partial charge in [-0.15, -0.1) is 5.10 Å². The molecule has 1 amide bonds. The minimum absolute atomic E-state index is 0.0710. The van der Waals surface area contributed by atoms with Crippen molar-refractivity contribution in [2.75, 3.05) is 17.7 Å². The molecule has 2 rings (SSSR count). The van der Waals surface area contributed by atoms with E-state index in [0.717, 1.165) is 0 Å². The fraction of sp³-hybridized carbons (Fsp3) is 0.182. The number of para-hydroxylation sites is 2. The van der Waals surface area contributed by atoms with Crippen molar-refractivity contribution in [1.29, 1.82) is 0 Å². The zero-order chi connectivity index (χ0) is 15.5. The van der Waals surface area contributed by atoms with Gasteiger partial charge < -0.3 is 15.8 Å². The Labute approximate surface area is 116 Å². The van der Waals surface area contributed by atoms with Crippen LogP contribution in [0.1, 0.15) is 10.6 Å². The molecule has 0 atom stereocenters. The number of nitrogen functional groups attached to an aromatic ring is 1. The number of halogens is 3. The number of hydrogen-bond donors (Lipinski definition) is 3. The maximum atomic E-state index is 12.2. The predicted molar refractivity (Wildman–Crippen MR) is 66.7 cm³/mol. The van der Waals surface area contributed by atoms with Crippen molar-refractivity contribution >= 4 is 17.5 Å². The summed E-state index contributed by atoms with van der Waals surface area (Å²) in [5, 5.41) is 8.11. The topological polar surface area (TPSA) is 106 Å². The number of nitrogens with one attached hydrogen (secondary N) is 2. The van der Waals surface area contributed by atoms with Crippen molar-refractivity contribution < 1.29 is 22.7 Å². The minimum atomic E-state index is -4.48. The maximum Gasteiger partial charge on any atom is 0.422 e. The van der Waals surface area contributed by atoms with Crippen LogP contribution in [0.25, 0.3) is 0 Å². The van der Waals surface area contributed by atoms with Crippen LogP contribution in [0.3, 0.4) is 0 Å². The quantitative estimate of drug-likeness (QED) is 0.795. The SMILES string of the molecule is Nc1n[nH]c(C(=O)Nc2ccccc2OCC(F)(F)F)n1. The molecule has 112 valence electrons. The molecule has 21 heavy (non-hydrogen) atoms. The van der Waals surface area contributed by atoms with Gasteiger partial charge in [-0.3, -0.25) is 9.89 Å². The third-order valence-electron chi connectivity index (χ3n) is 2.24. The lowest BCUT2D eigenvalue weighted by molar-refractivity contribution is -0.153. The highest BCUT2D eigenvalue weighted by Gasteiger charge is 2.29. The van der Waals surface area contributed by atoms with Gasteiger partial charge in [0.1, 0.15) is 5.75 Å². The lowest BCUT2D eigenvalue weighted by Gasteiger charge is -2.13. The Morgan fingerprint density at radius 2 is 2.10 bits per heavy atom. The molecule has 10 heteroatoms. The predicted octanol–water partition coefficient (Wildman–Crippen LogP) is 1.58. The summed E-state index contributed by atoms with van der Waals surface area (Å²) in [6.45, 7) is -1.46. The number of anilines is 2. The minimum Gasteiger partial charge on any atom is -0.482 e. The van der Waals surface area contributed by atoms with Gasteiger partial charge in [-0.25, -0.2) is 0 Å². The van der Waals surface area contributed by atoms with Gasteiger partial charge in [0.25, 0.3) is 5.91 Å². The number of amides is 1. The standard InChI is InChI=1S/C11H10F3N5O2/c12-11(13,14)5-21-7-4-2-1-3-6(7)16-9(20)8-17-10(15)19-18-8/h1-4H,5H2,(H,16,20)(H3,15,17,18,19). The Hall–Kier alpha value is -2.78. The van der Waals surface area contributed by atoms with Crippen LogP contribution < -0.4 is 15.8 Å². The zero-order valence-corrected chi connectivity index (χ0v) is 10.4. The highest BCUT2D eigenvalue weighted by molar-refractivity contribution is 6.02. The van der Waals surface area contributed by atoms with E-state index in [1.165, 1.54) is 24.3 Å². The first-order chi connectivity index (χ1) is 9.85. The van der Waals surface area contributed by atoms with E-state index in [1.54, 1.807) is 0 Å². The number of benzene rings is 1. The first-order valence-electron chi connectivity index (χ1n) is 5.63. The third kappa shape index (κ3) is 4.09. The summed E-state index contributed by atoms with van der Waals surface area (Å²) in [7, 11) is 0. The van der Waals surface area contributed by atoms with Crippen LogP contribution >= 0.6 is 0 Å². The Bertz CT molecular complexity index is 641. The summed E-state index contributed by atoms with van der Waals surface area (Å²) < 4.78 is 41.1. The van der Waals surface area contributed by atoms with Crippen molar-refractivity contribution in [1.82, 2.24) is 15.2 Å². The second kappa shape index (κ2) is 5.69. The summed E-state index contributed by atoms with van der Waals surface area (Å²) in [5.41, 5.74) is 5.32. The van der Waals surface area contributed by atoms with Crippen molar-refractivity contribution in [3.8, 4) is 5.75 Å². The summed E-state index contributed by atoms with van der Waals surface area (Å²) in [4.78, 5) is 15.4. The second-order valence-electron chi connectivity index (χ2n) is 3.90. The number of carbonyl (C=O) groups is 1.